The van der Waals surface area contributed by atoms with Crippen molar-refractivity contribution in [3.05, 3.63) is 29.3 Å². The first-order chi connectivity index (χ1) is 9.06. The van der Waals surface area contributed by atoms with Gasteiger partial charge < -0.3 is 11.1 Å². The number of aryl methyl sites for hydroxylation is 1. The molecule has 2 atom stereocenters. The first-order valence-electron chi connectivity index (χ1n) is 7.23. The summed E-state index contributed by atoms with van der Waals surface area (Å²) in [5.74, 6) is 0.861. The summed E-state index contributed by atoms with van der Waals surface area (Å²) in [6.07, 6.45) is 6.47. The zero-order chi connectivity index (χ0) is 13.8. The normalized spacial score (nSPS) is 23.7. The molecule has 1 aromatic rings. The summed E-state index contributed by atoms with van der Waals surface area (Å²) >= 11 is 5.14. The van der Waals surface area contributed by atoms with Gasteiger partial charge in [0.15, 0.2) is 0 Å². The maximum atomic E-state index is 5.81. The second kappa shape index (κ2) is 6.38. The van der Waals surface area contributed by atoms with E-state index in [0.717, 1.165) is 17.2 Å². The van der Waals surface area contributed by atoms with Crippen LogP contribution in [0.4, 0.5) is 5.69 Å². The lowest BCUT2D eigenvalue weighted by atomic mass is 10.0. The molecule has 0 aliphatic heterocycles. The predicted molar refractivity (Wildman–Crippen MR) is 86.7 cm³/mol. The number of hydrogen-bond donors (Lipinski definition) is 2. The van der Waals surface area contributed by atoms with Crippen molar-refractivity contribution in [3.63, 3.8) is 0 Å². The lowest BCUT2D eigenvalue weighted by Crippen LogP contribution is -2.21. The third kappa shape index (κ3) is 3.93. The largest absolute Gasteiger partial charge is 0.389 e. The monoisotopic (exact) mass is 276 g/mol. The Bertz CT molecular complexity index is 456. The number of benzene rings is 1. The van der Waals surface area contributed by atoms with Gasteiger partial charge in [-0.3, -0.25) is 0 Å². The molecule has 0 radical (unpaired) electrons. The van der Waals surface area contributed by atoms with Crippen molar-refractivity contribution in [1.29, 1.82) is 0 Å². The van der Waals surface area contributed by atoms with Crippen LogP contribution in [0.25, 0.3) is 0 Å². The molecule has 104 valence electrons. The Balaban J connectivity index is 2.13. The molecule has 3 N–H and O–H groups in total. The Morgan fingerprint density at radius 1 is 1.26 bits per heavy atom. The molecule has 1 aliphatic rings. The Labute approximate surface area is 121 Å². The van der Waals surface area contributed by atoms with Gasteiger partial charge in [-0.25, -0.2) is 0 Å². The predicted octanol–water partition coefficient (Wildman–Crippen LogP) is 4.01. The van der Waals surface area contributed by atoms with Crippen molar-refractivity contribution in [2.24, 2.45) is 11.7 Å². The second-order valence-electron chi connectivity index (χ2n) is 5.87. The first-order valence-corrected chi connectivity index (χ1v) is 7.64. The maximum absolute atomic E-state index is 5.81. The minimum atomic E-state index is 0.476. The van der Waals surface area contributed by atoms with E-state index in [9.17, 15) is 0 Å². The fraction of sp³-hybridized carbons (Fsp3) is 0.562. The Kier molecular flexibility index (Phi) is 4.81. The summed E-state index contributed by atoms with van der Waals surface area (Å²) in [5, 5.41) is 3.66. The van der Waals surface area contributed by atoms with Gasteiger partial charge in [0.25, 0.3) is 0 Å². The van der Waals surface area contributed by atoms with Gasteiger partial charge in [0, 0.05) is 17.3 Å². The average Bonchev–Trinajstić information content (AvgIpc) is 2.54. The highest BCUT2D eigenvalue weighted by Gasteiger charge is 2.17. The summed E-state index contributed by atoms with van der Waals surface area (Å²) in [6.45, 7) is 4.46. The second-order valence-corrected chi connectivity index (χ2v) is 6.31. The standard InChI is InChI=1S/C16H24N2S/c1-11-4-3-5-13(8-6-11)18-15-10-12(2)7-9-14(15)16(17)19/h7,9-11,13,18H,3-6,8H2,1-2H3,(H2,17,19). The lowest BCUT2D eigenvalue weighted by molar-refractivity contribution is 0.502. The molecule has 1 saturated carbocycles. The molecule has 0 bridgehead atoms. The fourth-order valence-corrected chi connectivity index (χ4v) is 3.02. The van der Waals surface area contributed by atoms with Crippen LogP contribution in [0.1, 0.15) is 50.2 Å². The molecular formula is C16H24N2S. The quantitative estimate of drug-likeness (QED) is 0.647. The lowest BCUT2D eigenvalue weighted by Gasteiger charge is -2.20. The van der Waals surface area contributed by atoms with Gasteiger partial charge in [-0.05, 0) is 49.8 Å². The van der Waals surface area contributed by atoms with E-state index in [1.165, 1.54) is 37.7 Å². The van der Waals surface area contributed by atoms with Gasteiger partial charge in [-0.15, -0.1) is 0 Å². The summed E-state index contributed by atoms with van der Waals surface area (Å²) < 4.78 is 0. The van der Waals surface area contributed by atoms with Gasteiger partial charge in [0.05, 0.1) is 0 Å². The van der Waals surface area contributed by atoms with Crippen LogP contribution < -0.4 is 11.1 Å². The molecule has 0 saturated heterocycles. The van der Waals surface area contributed by atoms with Crippen molar-refractivity contribution < 1.29 is 0 Å². The van der Waals surface area contributed by atoms with Gasteiger partial charge in [0.2, 0.25) is 0 Å². The van der Waals surface area contributed by atoms with Crippen LogP contribution in [-0.2, 0) is 0 Å². The summed E-state index contributed by atoms with van der Waals surface area (Å²) in [5.41, 5.74) is 9.13. The molecule has 2 unspecified atom stereocenters. The molecule has 0 spiro atoms. The number of thiocarbonyl (C=S) groups is 1. The zero-order valence-corrected chi connectivity index (χ0v) is 12.7. The molecule has 19 heavy (non-hydrogen) atoms. The zero-order valence-electron chi connectivity index (χ0n) is 11.9. The Morgan fingerprint density at radius 3 is 2.79 bits per heavy atom. The van der Waals surface area contributed by atoms with Crippen LogP contribution >= 0.6 is 12.2 Å². The molecule has 2 rings (SSSR count). The Hall–Kier alpha value is -1.09. The molecule has 0 heterocycles. The molecule has 1 aliphatic carbocycles. The molecule has 1 fully saturated rings. The highest BCUT2D eigenvalue weighted by atomic mass is 32.1. The highest BCUT2D eigenvalue weighted by molar-refractivity contribution is 7.80. The van der Waals surface area contributed by atoms with Gasteiger partial charge in [0.1, 0.15) is 4.99 Å². The van der Waals surface area contributed by atoms with Crippen LogP contribution in [0.2, 0.25) is 0 Å². The van der Waals surface area contributed by atoms with E-state index in [4.69, 9.17) is 18.0 Å². The van der Waals surface area contributed by atoms with Crippen LogP contribution in [0.5, 0.6) is 0 Å². The number of nitrogens with two attached hydrogens (primary N) is 1. The number of nitrogens with one attached hydrogen (secondary N) is 1. The van der Waals surface area contributed by atoms with Gasteiger partial charge >= 0.3 is 0 Å². The maximum Gasteiger partial charge on any atom is 0.106 e. The topological polar surface area (TPSA) is 38.0 Å². The van der Waals surface area contributed by atoms with Crippen molar-refractivity contribution in [2.45, 2.75) is 52.0 Å². The Morgan fingerprint density at radius 2 is 2.05 bits per heavy atom. The van der Waals surface area contributed by atoms with E-state index in [-0.39, 0.29) is 0 Å². The third-order valence-corrected chi connectivity index (χ3v) is 4.28. The van der Waals surface area contributed by atoms with Crippen LogP contribution in [0, 0.1) is 12.8 Å². The molecule has 3 heteroatoms. The molecule has 2 nitrogen and oxygen atoms in total. The van der Waals surface area contributed by atoms with E-state index in [2.05, 4.69) is 31.3 Å². The van der Waals surface area contributed by atoms with E-state index in [1.807, 2.05) is 6.07 Å². The van der Waals surface area contributed by atoms with Crippen molar-refractivity contribution >= 4 is 22.9 Å². The van der Waals surface area contributed by atoms with Crippen LogP contribution in [0.3, 0.4) is 0 Å². The van der Waals surface area contributed by atoms with E-state index >= 15 is 0 Å². The van der Waals surface area contributed by atoms with Gasteiger partial charge in [-0.2, -0.15) is 0 Å². The SMILES string of the molecule is Cc1ccc(C(N)=S)c(NC2CCCC(C)CC2)c1. The van der Waals surface area contributed by atoms with E-state index in [0.29, 0.717) is 11.0 Å². The molecule has 0 amide bonds. The molecule has 1 aromatic carbocycles. The summed E-state index contributed by atoms with van der Waals surface area (Å²) in [4.78, 5) is 0.476. The van der Waals surface area contributed by atoms with Crippen molar-refractivity contribution in [3.8, 4) is 0 Å². The summed E-state index contributed by atoms with van der Waals surface area (Å²) in [6, 6.07) is 6.80. The average molecular weight is 276 g/mol. The number of hydrogen-bond acceptors (Lipinski definition) is 2. The third-order valence-electron chi connectivity index (χ3n) is 4.06. The van der Waals surface area contributed by atoms with E-state index < -0.39 is 0 Å². The first kappa shape index (κ1) is 14.3. The highest BCUT2D eigenvalue weighted by Crippen LogP contribution is 2.26. The summed E-state index contributed by atoms with van der Waals surface area (Å²) in [7, 11) is 0. The fourth-order valence-electron chi connectivity index (χ4n) is 2.84. The minimum Gasteiger partial charge on any atom is -0.389 e. The van der Waals surface area contributed by atoms with Crippen molar-refractivity contribution in [1.82, 2.24) is 0 Å². The van der Waals surface area contributed by atoms with Crippen LogP contribution in [-0.4, -0.2) is 11.0 Å². The molecular weight excluding hydrogens is 252 g/mol. The van der Waals surface area contributed by atoms with Gasteiger partial charge in [-0.1, -0.05) is 38.0 Å². The number of rotatable bonds is 3. The van der Waals surface area contributed by atoms with Crippen molar-refractivity contribution in [2.75, 3.05) is 5.32 Å². The van der Waals surface area contributed by atoms with E-state index in [1.54, 1.807) is 0 Å². The number of anilines is 1. The van der Waals surface area contributed by atoms with Crippen LogP contribution in [0.15, 0.2) is 18.2 Å². The smallest absolute Gasteiger partial charge is 0.106 e. The minimum absolute atomic E-state index is 0.476. The molecule has 0 aromatic heterocycles.